The summed E-state index contributed by atoms with van der Waals surface area (Å²) in [5.74, 6) is 0. The molecule has 0 N–H and O–H groups in total. The van der Waals surface area contributed by atoms with E-state index in [4.69, 9.17) is 4.42 Å². The Morgan fingerprint density at radius 1 is 0.377 bits per heavy atom. The maximum absolute atomic E-state index is 6.80. The van der Waals surface area contributed by atoms with Crippen LogP contribution in [0.15, 0.2) is 174 Å². The molecular weight excluding hydrogens is 681 g/mol. The number of benzene rings is 9. The second-order valence-electron chi connectivity index (χ2n) is 14.0. The van der Waals surface area contributed by atoms with E-state index in [0.717, 1.165) is 27.5 Å². The zero-order chi connectivity index (χ0) is 34.6. The van der Waals surface area contributed by atoms with Gasteiger partial charge in [0.15, 0.2) is 0 Å². The third-order valence-electron chi connectivity index (χ3n) is 11.1. The Morgan fingerprint density at radius 3 is 1.81 bits per heavy atom. The summed E-state index contributed by atoms with van der Waals surface area (Å²) in [6, 6.07) is 60.0. The van der Waals surface area contributed by atoms with Gasteiger partial charge in [0, 0.05) is 57.7 Å². The quantitative estimate of drug-likeness (QED) is 0.167. The first-order valence-electron chi connectivity index (χ1n) is 18.0. The zero-order valence-corrected chi connectivity index (χ0v) is 30.0. The topological polar surface area (TPSA) is 13.1 Å². The van der Waals surface area contributed by atoms with Gasteiger partial charge in [0.25, 0.3) is 0 Å². The molecule has 12 rings (SSSR count). The molecule has 0 aliphatic heterocycles. The number of furan rings is 1. The highest BCUT2D eigenvalue weighted by molar-refractivity contribution is 7.26. The van der Waals surface area contributed by atoms with Crippen LogP contribution in [0.5, 0.6) is 0 Å². The Balaban J connectivity index is 1.12. The van der Waals surface area contributed by atoms with Crippen molar-refractivity contribution in [1.82, 2.24) is 0 Å². The van der Waals surface area contributed by atoms with E-state index in [-0.39, 0.29) is 0 Å². The molecule has 0 aliphatic carbocycles. The van der Waals surface area contributed by atoms with Gasteiger partial charge in [-0.2, -0.15) is 0 Å². The van der Waals surface area contributed by atoms with E-state index in [1.54, 1.807) is 0 Å². The van der Waals surface area contributed by atoms with Crippen molar-refractivity contribution in [2.24, 2.45) is 0 Å². The van der Waals surface area contributed by atoms with Crippen molar-refractivity contribution in [3.05, 3.63) is 169 Å². The molecule has 0 saturated carbocycles. The van der Waals surface area contributed by atoms with E-state index in [9.17, 15) is 0 Å². The van der Waals surface area contributed by atoms with E-state index in [1.165, 1.54) is 90.4 Å². The monoisotopic (exact) mass is 708 g/mol. The molecule has 9 aromatic carbocycles. The SMILES string of the molecule is c1ccc(-c2csc3ccc4sc5cc(-c6c7ccccc7c(-c7cccc8c7oc7cc9ccccc9cc78)c7ccccc67)ccc5c4c23)cc1. The van der Waals surface area contributed by atoms with E-state index in [0.29, 0.717) is 0 Å². The normalized spacial score (nSPS) is 12.2. The summed E-state index contributed by atoms with van der Waals surface area (Å²) >= 11 is 3.74. The predicted molar refractivity (Wildman–Crippen MR) is 231 cm³/mol. The third kappa shape index (κ3) is 4.24. The van der Waals surface area contributed by atoms with E-state index in [2.05, 4.69) is 169 Å². The minimum atomic E-state index is 0.920. The Kier molecular flexibility index (Phi) is 6.15. The lowest BCUT2D eigenvalue weighted by Gasteiger charge is -2.18. The van der Waals surface area contributed by atoms with Gasteiger partial charge < -0.3 is 4.42 Å². The first-order chi connectivity index (χ1) is 26.3. The van der Waals surface area contributed by atoms with Gasteiger partial charge in [0.1, 0.15) is 11.2 Å². The van der Waals surface area contributed by atoms with Crippen molar-refractivity contribution in [3.8, 4) is 33.4 Å². The van der Waals surface area contributed by atoms with Crippen LogP contribution < -0.4 is 0 Å². The molecular formula is C50H28OS2. The summed E-state index contributed by atoms with van der Waals surface area (Å²) in [6.45, 7) is 0. The van der Waals surface area contributed by atoms with Crippen LogP contribution in [0.25, 0.3) is 118 Å². The molecule has 246 valence electrons. The standard InChI is InChI=1S/C50H28OS2/c1-2-11-29(12-3-1)41-28-52-43-23-24-44-48(49(41)43)38-22-21-32(27-45(38)53-44)46-33-15-6-8-17-35(33)47(36-18-9-7-16-34(36)46)39-20-10-19-37-40-25-30-13-4-5-14-31(30)26-42(40)51-50(37)39/h1-28H. The Hall–Kier alpha value is -6.26. The Morgan fingerprint density at radius 2 is 1.04 bits per heavy atom. The summed E-state index contributed by atoms with van der Waals surface area (Å²) in [4.78, 5) is 0. The minimum absolute atomic E-state index is 0.920. The smallest absolute Gasteiger partial charge is 0.143 e. The summed E-state index contributed by atoms with van der Waals surface area (Å²) < 4.78 is 10.8. The summed E-state index contributed by atoms with van der Waals surface area (Å²) in [6.07, 6.45) is 0. The second kappa shape index (κ2) is 11.1. The fourth-order valence-corrected chi connectivity index (χ4v) is 10.9. The van der Waals surface area contributed by atoms with Crippen LogP contribution in [0.2, 0.25) is 0 Å². The molecule has 3 heteroatoms. The number of fused-ring (bicyclic) bond motifs is 11. The van der Waals surface area contributed by atoms with E-state index in [1.807, 2.05) is 22.7 Å². The van der Waals surface area contributed by atoms with Crippen molar-refractivity contribution in [2.75, 3.05) is 0 Å². The van der Waals surface area contributed by atoms with Gasteiger partial charge in [0.05, 0.1) is 0 Å². The number of hydrogen-bond acceptors (Lipinski definition) is 3. The van der Waals surface area contributed by atoms with Gasteiger partial charge in [-0.15, -0.1) is 22.7 Å². The first kappa shape index (κ1) is 29.3. The fourth-order valence-electron chi connectivity index (χ4n) is 8.79. The van der Waals surface area contributed by atoms with Gasteiger partial charge in [0.2, 0.25) is 0 Å². The van der Waals surface area contributed by atoms with Crippen LogP contribution in [0.1, 0.15) is 0 Å². The molecule has 0 radical (unpaired) electrons. The van der Waals surface area contributed by atoms with Crippen molar-refractivity contribution in [2.45, 2.75) is 0 Å². The average Bonchev–Trinajstić information content (AvgIpc) is 3.92. The lowest BCUT2D eigenvalue weighted by atomic mass is 9.85. The maximum atomic E-state index is 6.80. The molecule has 0 amide bonds. The Bertz CT molecular complexity index is 3390. The summed E-state index contributed by atoms with van der Waals surface area (Å²) in [5, 5.41) is 16.0. The average molecular weight is 709 g/mol. The van der Waals surface area contributed by atoms with Crippen molar-refractivity contribution in [3.63, 3.8) is 0 Å². The van der Waals surface area contributed by atoms with Crippen LogP contribution in [-0.2, 0) is 0 Å². The molecule has 0 spiro atoms. The molecule has 0 saturated heterocycles. The second-order valence-corrected chi connectivity index (χ2v) is 16.0. The Labute approximate surface area is 312 Å². The largest absolute Gasteiger partial charge is 0.455 e. The highest BCUT2D eigenvalue weighted by Gasteiger charge is 2.21. The van der Waals surface area contributed by atoms with Crippen LogP contribution in [0.4, 0.5) is 0 Å². The van der Waals surface area contributed by atoms with Crippen molar-refractivity contribution in [1.29, 1.82) is 0 Å². The molecule has 0 fully saturated rings. The summed E-state index contributed by atoms with van der Waals surface area (Å²) in [7, 11) is 0. The van der Waals surface area contributed by atoms with Crippen LogP contribution in [-0.4, -0.2) is 0 Å². The minimum Gasteiger partial charge on any atom is -0.455 e. The van der Waals surface area contributed by atoms with Gasteiger partial charge >= 0.3 is 0 Å². The van der Waals surface area contributed by atoms with Gasteiger partial charge in [-0.1, -0.05) is 133 Å². The third-order valence-corrected chi connectivity index (χ3v) is 13.2. The lowest BCUT2D eigenvalue weighted by Crippen LogP contribution is -1.91. The zero-order valence-electron chi connectivity index (χ0n) is 28.4. The van der Waals surface area contributed by atoms with Crippen molar-refractivity contribution >= 4 is 107 Å². The van der Waals surface area contributed by atoms with Gasteiger partial charge in [-0.25, -0.2) is 0 Å². The van der Waals surface area contributed by atoms with Gasteiger partial charge in [-0.3, -0.25) is 0 Å². The predicted octanol–water partition coefficient (Wildman–Crippen LogP) is 15.6. The van der Waals surface area contributed by atoms with E-state index >= 15 is 0 Å². The highest BCUT2D eigenvalue weighted by atomic mass is 32.1. The van der Waals surface area contributed by atoms with Crippen molar-refractivity contribution < 1.29 is 4.42 Å². The number of hydrogen-bond donors (Lipinski definition) is 0. The number of rotatable bonds is 3. The van der Waals surface area contributed by atoms with Gasteiger partial charge in [-0.05, 0) is 84.7 Å². The maximum Gasteiger partial charge on any atom is 0.143 e. The first-order valence-corrected chi connectivity index (χ1v) is 19.7. The van der Waals surface area contributed by atoms with E-state index < -0.39 is 0 Å². The molecule has 0 unspecified atom stereocenters. The molecule has 53 heavy (non-hydrogen) atoms. The summed E-state index contributed by atoms with van der Waals surface area (Å²) in [5.41, 5.74) is 9.29. The molecule has 0 bridgehead atoms. The lowest BCUT2D eigenvalue weighted by molar-refractivity contribution is 0.670. The highest BCUT2D eigenvalue weighted by Crippen LogP contribution is 2.49. The molecule has 3 aromatic heterocycles. The molecule has 3 heterocycles. The van der Waals surface area contributed by atoms with Crippen LogP contribution in [0, 0.1) is 0 Å². The van der Waals surface area contributed by atoms with Crippen LogP contribution in [0.3, 0.4) is 0 Å². The number of para-hydroxylation sites is 1. The number of thiophene rings is 2. The molecule has 0 aliphatic rings. The van der Waals surface area contributed by atoms with Crippen LogP contribution >= 0.6 is 22.7 Å². The molecule has 0 atom stereocenters. The molecule has 1 nitrogen and oxygen atoms in total. The molecule has 12 aromatic rings. The fraction of sp³-hybridized carbons (Fsp3) is 0.